The van der Waals surface area contributed by atoms with E-state index in [0.717, 1.165) is 45.1 Å². The Bertz CT molecular complexity index is 1320. The molecule has 0 spiro atoms. The summed E-state index contributed by atoms with van der Waals surface area (Å²) in [6, 6.07) is 7.62. The Kier molecular flexibility index (Phi) is 5.44. The van der Waals surface area contributed by atoms with Crippen LogP contribution in [0.1, 0.15) is 12.8 Å². The smallest absolute Gasteiger partial charge is 0.259 e. The molecule has 2 fully saturated rings. The van der Waals surface area contributed by atoms with Crippen molar-refractivity contribution < 1.29 is 13.2 Å². The number of rotatable bonds is 5. The van der Waals surface area contributed by atoms with E-state index in [0.29, 0.717) is 47.5 Å². The molecule has 182 valence electrons. The number of piperidine rings is 1. The van der Waals surface area contributed by atoms with Crippen LogP contribution in [0.3, 0.4) is 0 Å². The predicted octanol–water partition coefficient (Wildman–Crippen LogP) is 2.65. The molecule has 12 heteroatoms. The van der Waals surface area contributed by atoms with Crippen molar-refractivity contribution in [2.45, 2.75) is 18.9 Å². The molecule has 10 nitrogen and oxygen atoms in total. The van der Waals surface area contributed by atoms with Gasteiger partial charge >= 0.3 is 0 Å². The standard InChI is InChI=1S/C23H25F2N9O/c24-15-8-16(25)10-18(9-15)33-6-5-32-12-14(3-4-17(32)13-33)11-27-22-29-21(26)34-23(30-22)28-20(31-34)19-2-1-7-35-19/h1-2,7-10,14,17H,3-6,11-13H2,(H3,26,27,28,29,30,31). The first kappa shape index (κ1) is 21.7. The summed E-state index contributed by atoms with van der Waals surface area (Å²) in [7, 11) is 0. The van der Waals surface area contributed by atoms with Crippen molar-refractivity contribution in [3.8, 4) is 11.6 Å². The fourth-order valence-electron chi connectivity index (χ4n) is 5.01. The molecule has 2 atom stereocenters. The molecule has 2 aliphatic heterocycles. The quantitative estimate of drug-likeness (QED) is 0.444. The summed E-state index contributed by atoms with van der Waals surface area (Å²) < 4.78 is 34.0. The van der Waals surface area contributed by atoms with Crippen molar-refractivity contribution in [3.63, 3.8) is 0 Å². The maximum Gasteiger partial charge on any atom is 0.259 e. The molecule has 2 unspecified atom stereocenters. The van der Waals surface area contributed by atoms with Gasteiger partial charge in [-0.1, -0.05) is 0 Å². The molecular formula is C23H25F2N9O. The van der Waals surface area contributed by atoms with Crippen molar-refractivity contribution in [3.05, 3.63) is 48.2 Å². The first-order valence-electron chi connectivity index (χ1n) is 11.6. The molecular weight excluding hydrogens is 456 g/mol. The number of nitrogens with one attached hydrogen (secondary N) is 1. The zero-order valence-electron chi connectivity index (χ0n) is 18.9. The van der Waals surface area contributed by atoms with Crippen LogP contribution in [0.2, 0.25) is 0 Å². The number of nitrogens with zero attached hydrogens (tertiary/aromatic N) is 7. The second-order valence-corrected chi connectivity index (χ2v) is 9.08. The van der Waals surface area contributed by atoms with E-state index in [1.54, 1.807) is 18.4 Å². The molecule has 0 radical (unpaired) electrons. The molecule has 2 saturated heterocycles. The van der Waals surface area contributed by atoms with Crippen molar-refractivity contribution in [2.24, 2.45) is 5.92 Å². The number of furan rings is 1. The summed E-state index contributed by atoms with van der Waals surface area (Å²) >= 11 is 0. The predicted molar refractivity (Wildman–Crippen MR) is 126 cm³/mol. The zero-order valence-corrected chi connectivity index (χ0v) is 18.9. The second-order valence-electron chi connectivity index (χ2n) is 9.08. The summed E-state index contributed by atoms with van der Waals surface area (Å²) in [5.41, 5.74) is 6.69. The van der Waals surface area contributed by atoms with Crippen LogP contribution in [-0.2, 0) is 0 Å². The lowest BCUT2D eigenvalue weighted by molar-refractivity contribution is 0.0998. The Hall–Kier alpha value is -3.80. The Labute approximate surface area is 199 Å². The maximum absolute atomic E-state index is 13.7. The third kappa shape index (κ3) is 4.36. The highest BCUT2D eigenvalue weighted by Gasteiger charge is 2.33. The molecule has 0 aliphatic carbocycles. The molecule has 4 aromatic rings. The minimum absolute atomic E-state index is 0.191. The van der Waals surface area contributed by atoms with Gasteiger partial charge in [0.05, 0.1) is 6.26 Å². The molecule has 1 aromatic carbocycles. The highest BCUT2D eigenvalue weighted by Crippen LogP contribution is 2.28. The molecule has 6 rings (SSSR count). The van der Waals surface area contributed by atoms with E-state index >= 15 is 0 Å². The lowest BCUT2D eigenvalue weighted by atomic mass is 9.91. The average molecular weight is 482 g/mol. The van der Waals surface area contributed by atoms with Crippen LogP contribution < -0.4 is 16.0 Å². The highest BCUT2D eigenvalue weighted by atomic mass is 19.1. The van der Waals surface area contributed by atoms with Crippen LogP contribution >= 0.6 is 0 Å². The third-order valence-corrected chi connectivity index (χ3v) is 6.74. The SMILES string of the molecule is Nc1nc(NCC2CCC3CN(c4cc(F)cc(F)c4)CCN3C2)nc2nc(-c3ccco3)nn12. The number of fused-ring (bicyclic) bond motifs is 2. The number of halogens is 2. The Morgan fingerprint density at radius 3 is 2.71 bits per heavy atom. The highest BCUT2D eigenvalue weighted by molar-refractivity contribution is 5.52. The van der Waals surface area contributed by atoms with E-state index in [-0.39, 0.29) is 5.95 Å². The average Bonchev–Trinajstić information content (AvgIpc) is 3.52. The largest absolute Gasteiger partial charge is 0.461 e. The summed E-state index contributed by atoms with van der Waals surface area (Å²) in [5, 5.41) is 7.62. The van der Waals surface area contributed by atoms with Gasteiger partial charge in [0.15, 0.2) is 5.76 Å². The monoisotopic (exact) mass is 481 g/mol. The minimum atomic E-state index is -0.540. The van der Waals surface area contributed by atoms with E-state index in [9.17, 15) is 8.78 Å². The summed E-state index contributed by atoms with van der Waals surface area (Å²) in [6.45, 7) is 4.00. The van der Waals surface area contributed by atoms with Gasteiger partial charge in [0.1, 0.15) is 11.6 Å². The summed E-state index contributed by atoms with van der Waals surface area (Å²) in [4.78, 5) is 17.7. The first-order valence-corrected chi connectivity index (χ1v) is 11.6. The number of nitrogen functional groups attached to an aromatic ring is 1. The van der Waals surface area contributed by atoms with Crippen LogP contribution in [0, 0.1) is 17.6 Å². The summed E-state index contributed by atoms with van der Waals surface area (Å²) in [5.74, 6) is 1.21. The van der Waals surface area contributed by atoms with Gasteiger partial charge in [-0.2, -0.15) is 19.5 Å². The second kappa shape index (κ2) is 8.77. The van der Waals surface area contributed by atoms with E-state index < -0.39 is 11.6 Å². The minimum Gasteiger partial charge on any atom is -0.461 e. The lowest BCUT2D eigenvalue weighted by Gasteiger charge is -2.47. The van der Waals surface area contributed by atoms with E-state index in [2.05, 4.69) is 35.2 Å². The topological polar surface area (TPSA) is 114 Å². The van der Waals surface area contributed by atoms with Crippen molar-refractivity contribution in [1.29, 1.82) is 0 Å². The first-order chi connectivity index (χ1) is 17.0. The summed E-state index contributed by atoms with van der Waals surface area (Å²) in [6.07, 6.45) is 3.60. The van der Waals surface area contributed by atoms with Gasteiger partial charge in [-0.3, -0.25) is 4.90 Å². The number of hydrogen-bond donors (Lipinski definition) is 2. The number of benzene rings is 1. The molecule has 5 heterocycles. The van der Waals surface area contributed by atoms with Crippen LogP contribution in [0.5, 0.6) is 0 Å². The molecule has 3 N–H and O–H groups in total. The number of nitrogens with two attached hydrogens (primary N) is 1. The molecule has 0 amide bonds. The van der Waals surface area contributed by atoms with E-state index in [1.165, 1.54) is 16.6 Å². The van der Waals surface area contributed by atoms with Gasteiger partial charge in [-0.05, 0) is 43.0 Å². The van der Waals surface area contributed by atoms with Gasteiger partial charge < -0.3 is 20.4 Å². The number of hydrogen-bond acceptors (Lipinski definition) is 9. The van der Waals surface area contributed by atoms with Crippen LogP contribution in [0.4, 0.5) is 26.4 Å². The Balaban J connectivity index is 1.08. The Morgan fingerprint density at radius 2 is 1.91 bits per heavy atom. The molecule has 0 saturated carbocycles. The maximum atomic E-state index is 13.7. The molecule has 35 heavy (non-hydrogen) atoms. The zero-order chi connectivity index (χ0) is 23.9. The van der Waals surface area contributed by atoms with Crippen molar-refractivity contribution >= 4 is 23.4 Å². The fourth-order valence-corrected chi connectivity index (χ4v) is 5.01. The molecule has 3 aromatic heterocycles. The van der Waals surface area contributed by atoms with E-state index in [1.807, 2.05) is 0 Å². The van der Waals surface area contributed by atoms with Crippen LogP contribution in [0.15, 0.2) is 41.0 Å². The van der Waals surface area contributed by atoms with Crippen LogP contribution in [-0.4, -0.2) is 68.2 Å². The lowest BCUT2D eigenvalue weighted by Crippen LogP contribution is -2.57. The number of aromatic nitrogens is 5. The van der Waals surface area contributed by atoms with Gasteiger partial charge in [0.25, 0.3) is 5.78 Å². The number of anilines is 3. The van der Waals surface area contributed by atoms with Gasteiger partial charge in [0.2, 0.25) is 17.7 Å². The van der Waals surface area contributed by atoms with E-state index in [4.69, 9.17) is 10.2 Å². The van der Waals surface area contributed by atoms with Gasteiger partial charge in [-0.15, -0.1) is 5.10 Å². The van der Waals surface area contributed by atoms with Gasteiger partial charge in [-0.25, -0.2) is 8.78 Å². The fraction of sp³-hybridized carbons (Fsp3) is 0.391. The number of piperazine rings is 1. The normalized spacial score (nSPS) is 20.8. The third-order valence-electron chi connectivity index (χ3n) is 6.74. The van der Waals surface area contributed by atoms with Crippen LogP contribution in [0.25, 0.3) is 17.4 Å². The molecule has 2 aliphatic rings. The Morgan fingerprint density at radius 1 is 1.06 bits per heavy atom. The van der Waals surface area contributed by atoms with Crippen molar-refractivity contribution in [1.82, 2.24) is 29.5 Å². The van der Waals surface area contributed by atoms with Crippen molar-refractivity contribution in [2.75, 3.05) is 48.7 Å². The molecule has 0 bridgehead atoms. The van der Waals surface area contributed by atoms with Gasteiger partial charge in [0, 0.05) is 50.5 Å².